The number of carbonyl (C=O) groups excluding carboxylic acids is 2. The van der Waals surface area contributed by atoms with Gasteiger partial charge in [0.1, 0.15) is 0 Å². The van der Waals surface area contributed by atoms with E-state index in [0.717, 1.165) is 11.1 Å². The van der Waals surface area contributed by atoms with Crippen LogP contribution in [0.15, 0.2) is 24.3 Å². The first-order chi connectivity index (χ1) is 7.00. The first-order valence-electron chi connectivity index (χ1n) is 4.60. The van der Waals surface area contributed by atoms with Gasteiger partial charge in [-0.1, -0.05) is 18.2 Å². The number of rotatable bonds is 3. The van der Waals surface area contributed by atoms with Crippen LogP contribution in [0.4, 0.5) is 0 Å². The van der Waals surface area contributed by atoms with Gasteiger partial charge in [0.25, 0.3) is 0 Å². The maximum atomic E-state index is 11.2. The Morgan fingerprint density at radius 1 is 1.33 bits per heavy atom. The Labute approximate surface area is 88.6 Å². The maximum absolute atomic E-state index is 11.2. The molecule has 0 aliphatic rings. The van der Waals surface area contributed by atoms with E-state index in [4.69, 9.17) is 5.73 Å². The summed E-state index contributed by atoms with van der Waals surface area (Å²) in [4.78, 5) is 21.7. The van der Waals surface area contributed by atoms with Crippen molar-refractivity contribution in [3.63, 3.8) is 0 Å². The minimum atomic E-state index is -0.483. The molecule has 0 aromatic heterocycles. The van der Waals surface area contributed by atoms with Gasteiger partial charge in [-0.05, 0) is 31.1 Å². The third kappa shape index (κ3) is 3.06. The number of hydrogen-bond acceptors (Lipinski definition) is 2. The molecule has 0 unspecified atom stereocenters. The van der Waals surface area contributed by atoms with Crippen molar-refractivity contribution in [2.45, 2.75) is 13.8 Å². The molecule has 15 heavy (non-hydrogen) atoms. The lowest BCUT2D eigenvalue weighted by Crippen LogP contribution is -2.05. The van der Waals surface area contributed by atoms with Crippen molar-refractivity contribution in [1.29, 1.82) is 0 Å². The number of aryl methyl sites for hydroxylation is 1. The van der Waals surface area contributed by atoms with Crippen molar-refractivity contribution in [2.24, 2.45) is 5.73 Å². The molecule has 1 aromatic carbocycles. The summed E-state index contributed by atoms with van der Waals surface area (Å²) in [6, 6.07) is 5.37. The summed E-state index contributed by atoms with van der Waals surface area (Å²) in [6.45, 7) is 3.39. The Morgan fingerprint density at radius 3 is 2.47 bits per heavy atom. The van der Waals surface area contributed by atoms with E-state index in [2.05, 4.69) is 0 Å². The fraction of sp³-hybridized carbons (Fsp3) is 0.167. The van der Waals surface area contributed by atoms with E-state index >= 15 is 0 Å². The molecule has 1 aromatic rings. The van der Waals surface area contributed by atoms with Crippen LogP contribution in [0.2, 0.25) is 0 Å². The smallest absolute Gasteiger partial charge is 0.241 e. The first-order valence-corrected chi connectivity index (χ1v) is 4.60. The summed E-state index contributed by atoms with van der Waals surface area (Å²) in [5, 5.41) is 0. The fourth-order valence-corrected chi connectivity index (χ4v) is 1.36. The van der Waals surface area contributed by atoms with Crippen LogP contribution in [0, 0.1) is 6.92 Å². The van der Waals surface area contributed by atoms with Crippen molar-refractivity contribution in [3.05, 3.63) is 41.0 Å². The van der Waals surface area contributed by atoms with Crippen LogP contribution >= 0.6 is 0 Å². The van der Waals surface area contributed by atoms with Crippen molar-refractivity contribution in [1.82, 2.24) is 0 Å². The van der Waals surface area contributed by atoms with E-state index in [-0.39, 0.29) is 5.78 Å². The van der Waals surface area contributed by atoms with E-state index in [0.29, 0.717) is 5.56 Å². The molecule has 0 fully saturated rings. The molecule has 0 radical (unpaired) electrons. The number of Topliss-reactive ketones (excluding diaryl/α,β-unsaturated/α-hetero) is 1. The summed E-state index contributed by atoms with van der Waals surface area (Å²) in [6.07, 6.45) is 2.92. The minimum absolute atomic E-state index is 0.0398. The molecule has 1 rings (SSSR count). The monoisotopic (exact) mass is 203 g/mol. The van der Waals surface area contributed by atoms with Gasteiger partial charge in [-0.2, -0.15) is 0 Å². The second-order valence-electron chi connectivity index (χ2n) is 3.37. The number of primary amides is 1. The number of nitrogens with two attached hydrogens (primary N) is 1. The van der Waals surface area contributed by atoms with Gasteiger partial charge in [0, 0.05) is 11.6 Å². The lowest BCUT2D eigenvalue weighted by molar-refractivity contribution is -0.113. The number of amides is 1. The van der Waals surface area contributed by atoms with Crippen LogP contribution in [0.5, 0.6) is 0 Å². The molecule has 0 saturated carbocycles. The van der Waals surface area contributed by atoms with Crippen LogP contribution in [0.25, 0.3) is 6.08 Å². The van der Waals surface area contributed by atoms with E-state index in [1.54, 1.807) is 18.2 Å². The predicted molar refractivity (Wildman–Crippen MR) is 59.4 cm³/mol. The van der Waals surface area contributed by atoms with Crippen molar-refractivity contribution >= 4 is 17.8 Å². The van der Waals surface area contributed by atoms with E-state index in [1.165, 1.54) is 13.0 Å². The number of benzene rings is 1. The maximum Gasteiger partial charge on any atom is 0.241 e. The Balaban J connectivity index is 3.01. The molecule has 0 atom stereocenters. The fourth-order valence-electron chi connectivity index (χ4n) is 1.36. The summed E-state index contributed by atoms with van der Waals surface area (Å²) in [7, 11) is 0. The molecule has 2 N–H and O–H groups in total. The van der Waals surface area contributed by atoms with E-state index in [9.17, 15) is 9.59 Å². The highest BCUT2D eigenvalue weighted by molar-refractivity contribution is 5.96. The van der Waals surface area contributed by atoms with Gasteiger partial charge >= 0.3 is 0 Å². The number of ketones is 1. The number of carbonyl (C=O) groups is 2. The lowest BCUT2D eigenvalue weighted by Gasteiger charge is -2.02. The molecule has 3 heteroatoms. The summed E-state index contributed by atoms with van der Waals surface area (Å²) >= 11 is 0. The predicted octanol–water partition coefficient (Wildman–Crippen LogP) is 1.70. The molecule has 0 saturated heterocycles. The zero-order valence-corrected chi connectivity index (χ0v) is 8.78. The molecule has 0 heterocycles. The normalized spacial score (nSPS) is 10.5. The summed E-state index contributed by atoms with van der Waals surface area (Å²) in [5.41, 5.74) is 7.43. The summed E-state index contributed by atoms with van der Waals surface area (Å²) < 4.78 is 0. The molecule has 0 bridgehead atoms. The molecule has 3 nitrogen and oxygen atoms in total. The third-order valence-electron chi connectivity index (χ3n) is 2.07. The minimum Gasteiger partial charge on any atom is -0.366 e. The average Bonchev–Trinajstić information content (AvgIpc) is 2.14. The molecule has 0 aliphatic carbocycles. The standard InChI is InChI=1S/C12H13NO2/c1-8-7-10(4-6-12(13)15)3-5-11(8)9(2)14/h3-7H,1-2H3,(H2,13,15). The van der Waals surface area contributed by atoms with E-state index < -0.39 is 5.91 Å². The second kappa shape index (κ2) is 4.55. The van der Waals surface area contributed by atoms with Gasteiger partial charge in [-0.15, -0.1) is 0 Å². The van der Waals surface area contributed by atoms with Crippen LogP contribution in [-0.4, -0.2) is 11.7 Å². The van der Waals surface area contributed by atoms with Gasteiger partial charge in [-0.25, -0.2) is 0 Å². The zero-order chi connectivity index (χ0) is 11.4. The van der Waals surface area contributed by atoms with Gasteiger partial charge in [0.05, 0.1) is 0 Å². The van der Waals surface area contributed by atoms with Crippen LogP contribution < -0.4 is 5.73 Å². The third-order valence-corrected chi connectivity index (χ3v) is 2.07. The van der Waals surface area contributed by atoms with Crippen molar-refractivity contribution < 1.29 is 9.59 Å². The van der Waals surface area contributed by atoms with Crippen molar-refractivity contribution in [2.75, 3.05) is 0 Å². The first kappa shape index (κ1) is 11.2. The Morgan fingerprint density at radius 2 is 2.00 bits per heavy atom. The second-order valence-corrected chi connectivity index (χ2v) is 3.37. The average molecular weight is 203 g/mol. The summed E-state index contributed by atoms with van der Waals surface area (Å²) in [5.74, 6) is -0.443. The molecule has 0 spiro atoms. The van der Waals surface area contributed by atoms with E-state index in [1.807, 2.05) is 13.0 Å². The van der Waals surface area contributed by atoms with Gasteiger partial charge < -0.3 is 5.73 Å². The molecule has 78 valence electrons. The Kier molecular flexibility index (Phi) is 3.39. The van der Waals surface area contributed by atoms with Gasteiger partial charge in [0.2, 0.25) is 5.91 Å². The van der Waals surface area contributed by atoms with Crippen LogP contribution in [0.1, 0.15) is 28.4 Å². The van der Waals surface area contributed by atoms with Crippen molar-refractivity contribution in [3.8, 4) is 0 Å². The highest BCUT2D eigenvalue weighted by Crippen LogP contribution is 2.12. The topological polar surface area (TPSA) is 60.2 Å². The molecule has 0 aliphatic heterocycles. The number of hydrogen-bond donors (Lipinski definition) is 1. The van der Waals surface area contributed by atoms with Crippen LogP contribution in [-0.2, 0) is 4.79 Å². The molecular formula is C12H13NO2. The Hall–Kier alpha value is -1.90. The highest BCUT2D eigenvalue weighted by atomic mass is 16.1. The molecule has 1 amide bonds. The van der Waals surface area contributed by atoms with Gasteiger partial charge in [0.15, 0.2) is 5.78 Å². The zero-order valence-electron chi connectivity index (χ0n) is 8.78. The quantitative estimate of drug-likeness (QED) is 0.600. The van der Waals surface area contributed by atoms with Crippen LogP contribution in [0.3, 0.4) is 0 Å². The van der Waals surface area contributed by atoms with Gasteiger partial charge in [-0.3, -0.25) is 9.59 Å². The largest absolute Gasteiger partial charge is 0.366 e. The highest BCUT2D eigenvalue weighted by Gasteiger charge is 2.02. The SMILES string of the molecule is CC(=O)c1ccc(C=CC(N)=O)cc1C. The lowest BCUT2D eigenvalue weighted by atomic mass is 10.0. The molecular weight excluding hydrogens is 190 g/mol. The Bertz CT molecular complexity index is 433.